The lowest BCUT2D eigenvalue weighted by Crippen LogP contribution is -2.14. The van der Waals surface area contributed by atoms with E-state index in [1.165, 1.54) is 5.56 Å². The third kappa shape index (κ3) is 4.92. The van der Waals surface area contributed by atoms with Gasteiger partial charge in [0.15, 0.2) is 0 Å². The molecule has 0 aliphatic heterocycles. The first-order valence-electron chi connectivity index (χ1n) is 6.30. The van der Waals surface area contributed by atoms with Gasteiger partial charge in [-0.25, -0.2) is 0 Å². The van der Waals surface area contributed by atoms with Crippen LogP contribution in [0.2, 0.25) is 0 Å². The Kier molecular flexibility index (Phi) is 5.85. The highest BCUT2D eigenvalue weighted by molar-refractivity contribution is 9.10. The van der Waals surface area contributed by atoms with Crippen LogP contribution in [0.15, 0.2) is 53.0 Å². The highest BCUT2D eigenvalue weighted by Crippen LogP contribution is 2.21. The van der Waals surface area contributed by atoms with E-state index in [-0.39, 0.29) is 5.91 Å². The molecule has 2 rings (SSSR count). The fourth-order valence-electron chi connectivity index (χ4n) is 1.73. The molecule has 0 spiro atoms. The Morgan fingerprint density at radius 2 is 2.05 bits per heavy atom. The number of benzene rings is 2. The van der Waals surface area contributed by atoms with Crippen LogP contribution in [0.1, 0.15) is 11.1 Å². The smallest absolute Gasteiger partial charge is 0.234 e. The van der Waals surface area contributed by atoms with Gasteiger partial charge in [-0.2, -0.15) is 5.26 Å². The molecule has 0 aliphatic rings. The maximum atomic E-state index is 11.9. The van der Waals surface area contributed by atoms with E-state index in [9.17, 15) is 4.79 Å². The summed E-state index contributed by atoms with van der Waals surface area (Å²) in [6.07, 6.45) is 0. The summed E-state index contributed by atoms with van der Waals surface area (Å²) in [6, 6.07) is 16.9. The van der Waals surface area contributed by atoms with Gasteiger partial charge in [0.1, 0.15) is 0 Å². The van der Waals surface area contributed by atoms with Gasteiger partial charge < -0.3 is 5.32 Å². The SMILES string of the molecule is N#Cc1cccc(NC(=O)CSCc2ccccc2Br)c1. The summed E-state index contributed by atoms with van der Waals surface area (Å²) >= 11 is 5.04. The largest absolute Gasteiger partial charge is 0.325 e. The summed E-state index contributed by atoms with van der Waals surface area (Å²) in [5.41, 5.74) is 2.36. The number of thioether (sulfide) groups is 1. The van der Waals surface area contributed by atoms with Crippen LogP contribution < -0.4 is 5.32 Å². The van der Waals surface area contributed by atoms with Crippen LogP contribution in [0.3, 0.4) is 0 Å². The highest BCUT2D eigenvalue weighted by Gasteiger charge is 2.05. The van der Waals surface area contributed by atoms with Gasteiger partial charge in [-0.05, 0) is 29.8 Å². The zero-order valence-corrected chi connectivity index (χ0v) is 13.6. The van der Waals surface area contributed by atoms with Gasteiger partial charge >= 0.3 is 0 Å². The van der Waals surface area contributed by atoms with Crippen molar-refractivity contribution in [3.05, 3.63) is 64.1 Å². The molecular formula is C16H13BrN2OS. The van der Waals surface area contributed by atoms with Gasteiger partial charge in [0.25, 0.3) is 0 Å². The lowest BCUT2D eigenvalue weighted by Gasteiger charge is -2.06. The first-order chi connectivity index (χ1) is 10.2. The summed E-state index contributed by atoms with van der Waals surface area (Å²) in [7, 11) is 0. The lowest BCUT2D eigenvalue weighted by molar-refractivity contribution is -0.113. The maximum absolute atomic E-state index is 11.9. The number of rotatable bonds is 5. The van der Waals surface area contributed by atoms with E-state index in [4.69, 9.17) is 5.26 Å². The summed E-state index contributed by atoms with van der Waals surface area (Å²) < 4.78 is 1.06. The molecule has 0 saturated carbocycles. The quantitative estimate of drug-likeness (QED) is 0.869. The van der Waals surface area contributed by atoms with Gasteiger partial charge in [0.05, 0.1) is 17.4 Å². The minimum Gasteiger partial charge on any atom is -0.325 e. The zero-order chi connectivity index (χ0) is 15.1. The van der Waals surface area contributed by atoms with Crippen molar-refractivity contribution < 1.29 is 4.79 Å². The molecule has 0 saturated heterocycles. The van der Waals surface area contributed by atoms with Gasteiger partial charge in [-0.15, -0.1) is 11.8 Å². The summed E-state index contributed by atoms with van der Waals surface area (Å²) in [4.78, 5) is 11.9. The van der Waals surface area contributed by atoms with E-state index in [0.29, 0.717) is 17.0 Å². The molecule has 0 fully saturated rings. The second-order valence-corrected chi connectivity index (χ2v) is 6.16. The maximum Gasteiger partial charge on any atom is 0.234 e. The molecule has 1 N–H and O–H groups in total. The van der Waals surface area contributed by atoms with Gasteiger partial charge in [0.2, 0.25) is 5.91 Å². The highest BCUT2D eigenvalue weighted by atomic mass is 79.9. The molecule has 1 amide bonds. The number of carbonyl (C=O) groups excluding carboxylic acids is 1. The third-order valence-corrected chi connectivity index (χ3v) is 4.48. The number of amides is 1. The lowest BCUT2D eigenvalue weighted by atomic mass is 10.2. The fraction of sp³-hybridized carbons (Fsp3) is 0.125. The minimum absolute atomic E-state index is 0.0675. The molecule has 2 aromatic rings. The first-order valence-corrected chi connectivity index (χ1v) is 8.25. The fourth-order valence-corrected chi connectivity index (χ4v) is 3.17. The van der Waals surface area contributed by atoms with E-state index in [2.05, 4.69) is 21.2 Å². The Bertz CT molecular complexity index is 682. The third-order valence-electron chi connectivity index (χ3n) is 2.72. The molecule has 21 heavy (non-hydrogen) atoms. The van der Waals surface area contributed by atoms with Crippen molar-refractivity contribution in [1.29, 1.82) is 5.26 Å². The van der Waals surface area contributed by atoms with Crippen LogP contribution in [-0.2, 0) is 10.5 Å². The van der Waals surface area contributed by atoms with Gasteiger partial charge in [-0.3, -0.25) is 4.79 Å². The summed E-state index contributed by atoms with van der Waals surface area (Å²) in [5, 5.41) is 11.6. The Hall–Kier alpha value is -1.77. The van der Waals surface area contributed by atoms with Gasteiger partial charge in [-0.1, -0.05) is 40.2 Å². The minimum atomic E-state index is -0.0675. The Morgan fingerprint density at radius 1 is 1.24 bits per heavy atom. The monoisotopic (exact) mass is 360 g/mol. The standard InChI is InChI=1S/C16H13BrN2OS/c17-15-7-2-1-5-13(15)10-21-11-16(20)19-14-6-3-4-12(8-14)9-18/h1-8H,10-11H2,(H,19,20). The van der Waals surface area contributed by atoms with Crippen molar-refractivity contribution >= 4 is 39.3 Å². The number of anilines is 1. The van der Waals surface area contributed by atoms with E-state index >= 15 is 0 Å². The molecule has 0 unspecified atom stereocenters. The summed E-state index contributed by atoms with van der Waals surface area (Å²) in [5.74, 6) is 1.08. The average Bonchev–Trinajstić information content (AvgIpc) is 2.49. The molecular weight excluding hydrogens is 348 g/mol. The average molecular weight is 361 g/mol. The van der Waals surface area contributed by atoms with Crippen molar-refractivity contribution in [2.24, 2.45) is 0 Å². The van der Waals surface area contributed by atoms with E-state index in [1.807, 2.05) is 30.3 Å². The van der Waals surface area contributed by atoms with Crippen molar-refractivity contribution in [1.82, 2.24) is 0 Å². The molecule has 0 heterocycles. The van der Waals surface area contributed by atoms with Crippen LogP contribution in [0.5, 0.6) is 0 Å². The van der Waals surface area contributed by atoms with Crippen molar-refractivity contribution in [2.75, 3.05) is 11.1 Å². The molecule has 0 radical (unpaired) electrons. The van der Waals surface area contributed by atoms with Crippen LogP contribution in [0.4, 0.5) is 5.69 Å². The second-order valence-electron chi connectivity index (χ2n) is 4.32. The molecule has 2 aromatic carbocycles. The van der Waals surface area contributed by atoms with Crippen LogP contribution in [-0.4, -0.2) is 11.7 Å². The van der Waals surface area contributed by atoms with Crippen LogP contribution in [0.25, 0.3) is 0 Å². The van der Waals surface area contributed by atoms with E-state index < -0.39 is 0 Å². The Morgan fingerprint density at radius 3 is 2.81 bits per heavy atom. The predicted octanol–water partition coefficient (Wildman–Crippen LogP) is 4.19. The second kappa shape index (κ2) is 7.87. The van der Waals surface area contributed by atoms with Gasteiger partial charge in [0, 0.05) is 15.9 Å². The van der Waals surface area contributed by atoms with E-state index in [1.54, 1.807) is 36.0 Å². The molecule has 0 aliphatic carbocycles. The molecule has 106 valence electrons. The predicted molar refractivity (Wildman–Crippen MR) is 90.1 cm³/mol. The van der Waals surface area contributed by atoms with Crippen molar-refractivity contribution in [3.8, 4) is 6.07 Å². The topological polar surface area (TPSA) is 52.9 Å². The molecule has 5 heteroatoms. The number of halogens is 1. The van der Waals surface area contributed by atoms with Crippen molar-refractivity contribution in [3.63, 3.8) is 0 Å². The van der Waals surface area contributed by atoms with Crippen LogP contribution in [0, 0.1) is 11.3 Å². The molecule has 3 nitrogen and oxygen atoms in total. The Labute approximate surface area is 136 Å². The molecule has 0 bridgehead atoms. The summed E-state index contributed by atoms with van der Waals surface area (Å²) in [6.45, 7) is 0. The number of hydrogen-bond donors (Lipinski definition) is 1. The Balaban J connectivity index is 1.83. The van der Waals surface area contributed by atoms with Crippen LogP contribution >= 0.6 is 27.7 Å². The number of carbonyl (C=O) groups is 1. The van der Waals surface area contributed by atoms with E-state index in [0.717, 1.165) is 10.2 Å². The number of hydrogen-bond acceptors (Lipinski definition) is 3. The number of nitriles is 1. The number of nitrogens with one attached hydrogen (secondary N) is 1. The molecule has 0 atom stereocenters. The van der Waals surface area contributed by atoms with Crippen molar-refractivity contribution in [2.45, 2.75) is 5.75 Å². The first kappa shape index (κ1) is 15.6. The molecule has 0 aromatic heterocycles. The number of nitrogens with zero attached hydrogens (tertiary/aromatic N) is 1. The normalized spacial score (nSPS) is 9.90. The zero-order valence-electron chi connectivity index (χ0n) is 11.2.